The Labute approximate surface area is 97.1 Å². The molecule has 0 amide bonds. The summed E-state index contributed by atoms with van der Waals surface area (Å²) in [4.78, 5) is 0. The fourth-order valence-corrected chi connectivity index (χ4v) is 1.50. The van der Waals surface area contributed by atoms with E-state index < -0.39 is 10.6 Å². The molecule has 1 aromatic rings. The highest BCUT2D eigenvalue weighted by Gasteiger charge is 2.04. The van der Waals surface area contributed by atoms with Crippen LogP contribution in [-0.4, -0.2) is 0 Å². The highest BCUT2D eigenvalue weighted by Crippen LogP contribution is 2.19. The molecule has 0 heterocycles. The molecule has 3 heteroatoms. The molecule has 0 bridgehead atoms. The Balaban J connectivity index is 2.69. The topological polar surface area (TPSA) is 0 Å². The van der Waals surface area contributed by atoms with Crippen LogP contribution in [0.15, 0.2) is 34.8 Å². The molecule has 0 unspecified atom stereocenters. The zero-order valence-electron chi connectivity index (χ0n) is 8.56. The summed E-state index contributed by atoms with van der Waals surface area (Å²) in [5.41, 5.74) is 2.01. The zero-order valence-corrected chi connectivity index (χ0v) is 10.2. The van der Waals surface area contributed by atoms with Crippen molar-refractivity contribution in [2.75, 3.05) is 0 Å². The van der Waals surface area contributed by atoms with Crippen LogP contribution < -0.4 is 0 Å². The lowest BCUT2D eigenvalue weighted by Gasteiger charge is -2.02. The first-order valence-corrected chi connectivity index (χ1v) is 5.70. The van der Waals surface area contributed by atoms with Gasteiger partial charge in [-0.1, -0.05) is 37.6 Å². The van der Waals surface area contributed by atoms with Crippen LogP contribution in [0.5, 0.6) is 0 Å². The Kier molecular flexibility index (Phi) is 4.95. The molecule has 1 aromatic carbocycles. The minimum atomic E-state index is -0.917. The third-order valence-corrected chi connectivity index (χ3v) is 2.56. The van der Waals surface area contributed by atoms with E-state index in [2.05, 4.69) is 22.9 Å². The summed E-state index contributed by atoms with van der Waals surface area (Å²) < 4.78 is 24.4. The first-order valence-electron chi connectivity index (χ1n) is 4.91. The van der Waals surface area contributed by atoms with Gasteiger partial charge in [-0.3, -0.25) is 0 Å². The van der Waals surface area contributed by atoms with Gasteiger partial charge in [-0.05, 0) is 33.5 Å². The molecule has 1 rings (SSSR count). The van der Waals surface area contributed by atoms with E-state index in [4.69, 9.17) is 0 Å². The Morgan fingerprint density at radius 2 is 1.67 bits per heavy atom. The van der Waals surface area contributed by atoms with Gasteiger partial charge < -0.3 is 0 Å². The Morgan fingerprint density at radius 3 is 2.13 bits per heavy atom. The van der Waals surface area contributed by atoms with E-state index in [1.807, 2.05) is 24.3 Å². The van der Waals surface area contributed by atoms with E-state index >= 15 is 0 Å². The highest BCUT2D eigenvalue weighted by atomic mass is 79.9. The molecular formula is C12H13BrF2. The molecule has 0 fully saturated rings. The van der Waals surface area contributed by atoms with E-state index in [1.54, 1.807) is 0 Å². The van der Waals surface area contributed by atoms with Crippen molar-refractivity contribution in [2.45, 2.75) is 26.2 Å². The maximum Gasteiger partial charge on any atom is 0.197 e. The van der Waals surface area contributed by atoms with Crippen LogP contribution in [0.1, 0.15) is 24.5 Å². The van der Waals surface area contributed by atoms with Crippen molar-refractivity contribution >= 4 is 15.9 Å². The average Bonchev–Trinajstić information content (AvgIpc) is 2.21. The van der Waals surface area contributed by atoms with Crippen molar-refractivity contribution in [3.05, 3.63) is 46.0 Å². The summed E-state index contributed by atoms with van der Waals surface area (Å²) in [5.74, 6) is -0.766. The van der Waals surface area contributed by atoms with E-state index in [1.165, 1.54) is 5.56 Å². The molecule has 0 atom stereocenters. The summed E-state index contributed by atoms with van der Waals surface area (Å²) in [5, 5.41) is 0. The predicted octanol–water partition coefficient (Wildman–Crippen LogP) is 4.68. The van der Waals surface area contributed by atoms with Gasteiger partial charge in [0.05, 0.1) is 0 Å². The SMILES string of the molecule is CCCc1ccc(C/C(F)=C(\F)Br)cc1. The normalized spacial score (nSPS) is 12.5. The minimum Gasteiger partial charge on any atom is -0.208 e. The first-order chi connectivity index (χ1) is 7.13. The smallest absolute Gasteiger partial charge is 0.197 e. The Morgan fingerprint density at radius 1 is 1.13 bits per heavy atom. The number of rotatable bonds is 4. The quantitative estimate of drug-likeness (QED) is 0.748. The van der Waals surface area contributed by atoms with Crippen molar-refractivity contribution in [1.82, 2.24) is 0 Å². The lowest BCUT2D eigenvalue weighted by atomic mass is 10.1. The van der Waals surface area contributed by atoms with E-state index in [0.29, 0.717) is 0 Å². The van der Waals surface area contributed by atoms with Gasteiger partial charge >= 0.3 is 0 Å². The number of halogens is 3. The Hall–Kier alpha value is -0.700. The van der Waals surface area contributed by atoms with Gasteiger partial charge in [-0.15, -0.1) is 0 Å². The number of hydrogen-bond acceptors (Lipinski definition) is 0. The average molecular weight is 275 g/mol. The van der Waals surface area contributed by atoms with Gasteiger partial charge in [0.2, 0.25) is 0 Å². The van der Waals surface area contributed by atoms with Crippen molar-refractivity contribution in [2.24, 2.45) is 0 Å². The van der Waals surface area contributed by atoms with Crippen LogP contribution in [-0.2, 0) is 12.8 Å². The van der Waals surface area contributed by atoms with Crippen LogP contribution in [0, 0.1) is 0 Å². The molecule has 0 aliphatic heterocycles. The van der Waals surface area contributed by atoms with Crippen LogP contribution in [0.2, 0.25) is 0 Å². The largest absolute Gasteiger partial charge is 0.208 e. The van der Waals surface area contributed by atoms with Crippen molar-refractivity contribution < 1.29 is 8.78 Å². The number of benzene rings is 1. The minimum absolute atomic E-state index is 0.00346. The van der Waals surface area contributed by atoms with Gasteiger partial charge in [0.15, 0.2) is 4.74 Å². The second-order valence-corrected chi connectivity index (χ2v) is 4.10. The molecule has 0 aliphatic carbocycles. The molecule has 0 N–H and O–H groups in total. The van der Waals surface area contributed by atoms with Crippen LogP contribution in [0.4, 0.5) is 8.78 Å². The highest BCUT2D eigenvalue weighted by molar-refractivity contribution is 9.11. The molecule has 0 spiro atoms. The molecule has 0 nitrogen and oxygen atoms in total. The standard InChI is InChI=1S/C12H13BrF2/c1-2-3-9-4-6-10(7-5-9)8-11(14)12(13)15/h4-7H,2-3,8H2,1H3/b12-11+. The van der Waals surface area contributed by atoms with Crippen LogP contribution in [0.3, 0.4) is 0 Å². The molecule has 0 aliphatic rings. The predicted molar refractivity (Wildman–Crippen MR) is 62.3 cm³/mol. The molecule has 0 saturated heterocycles. The van der Waals surface area contributed by atoms with Crippen LogP contribution >= 0.6 is 15.9 Å². The van der Waals surface area contributed by atoms with Gasteiger partial charge in [0, 0.05) is 6.42 Å². The first kappa shape index (κ1) is 12.4. The lowest BCUT2D eigenvalue weighted by Crippen LogP contribution is -1.88. The summed E-state index contributed by atoms with van der Waals surface area (Å²) in [7, 11) is 0. The molecule has 0 aromatic heterocycles. The monoisotopic (exact) mass is 274 g/mol. The maximum atomic E-state index is 12.9. The maximum absolute atomic E-state index is 12.9. The van der Waals surface area contributed by atoms with Gasteiger partial charge in [0.1, 0.15) is 5.83 Å². The second kappa shape index (κ2) is 6.01. The number of aryl methyl sites for hydroxylation is 1. The fraction of sp³-hybridized carbons (Fsp3) is 0.333. The zero-order chi connectivity index (χ0) is 11.3. The second-order valence-electron chi connectivity index (χ2n) is 3.41. The molecule has 0 saturated carbocycles. The van der Waals surface area contributed by atoms with E-state index in [0.717, 1.165) is 18.4 Å². The lowest BCUT2D eigenvalue weighted by molar-refractivity contribution is 0.556. The third-order valence-electron chi connectivity index (χ3n) is 2.13. The third kappa shape index (κ3) is 4.12. The molecular weight excluding hydrogens is 262 g/mol. The fourth-order valence-electron chi connectivity index (χ4n) is 1.36. The van der Waals surface area contributed by atoms with Crippen molar-refractivity contribution in [1.29, 1.82) is 0 Å². The summed E-state index contributed by atoms with van der Waals surface area (Å²) in [6, 6.07) is 7.58. The van der Waals surface area contributed by atoms with E-state index in [-0.39, 0.29) is 6.42 Å². The van der Waals surface area contributed by atoms with Gasteiger partial charge in [-0.2, -0.15) is 4.39 Å². The molecule has 0 radical (unpaired) electrons. The molecule has 82 valence electrons. The molecule has 15 heavy (non-hydrogen) atoms. The van der Waals surface area contributed by atoms with E-state index in [9.17, 15) is 8.78 Å². The van der Waals surface area contributed by atoms with Crippen molar-refractivity contribution in [3.8, 4) is 0 Å². The van der Waals surface area contributed by atoms with Crippen molar-refractivity contribution in [3.63, 3.8) is 0 Å². The summed E-state index contributed by atoms with van der Waals surface area (Å²) in [6.07, 6.45) is 2.11. The number of allylic oxidation sites excluding steroid dienone is 1. The van der Waals surface area contributed by atoms with Gasteiger partial charge in [-0.25, -0.2) is 4.39 Å². The number of hydrogen-bond donors (Lipinski definition) is 0. The van der Waals surface area contributed by atoms with Crippen LogP contribution in [0.25, 0.3) is 0 Å². The summed E-state index contributed by atoms with van der Waals surface area (Å²) in [6.45, 7) is 2.11. The summed E-state index contributed by atoms with van der Waals surface area (Å²) >= 11 is 2.47. The Bertz CT molecular complexity index is 337. The van der Waals surface area contributed by atoms with Gasteiger partial charge in [0.25, 0.3) is 0 Å².